The van der Waals surface area contributed by atoms with Gasteiger partial charge in [-0.2, -0.15) is 0 Å². The van der Waals surface area contributed by atoms with E-state index in [4.69, 9.17) is 4.99 Å². The fraction of sp³-hybridized carbons (Fsp3) is 0.571. The summed E-state index contributed by atoms with van der Waals surface area (Å²) in [5.74, 6) is 1.65. The molecule has 1 aliphatic heterocycles. The molecule has 0 radical (unpaired) electrons. The van der Waals surface area contributed by atoms with Gasteiger partial charge in [-0.3, -0.25) is 4.57 Å². The van der Waals surface area contributed by atoms with Crippen LogP contribution in [0.1, 0.15) is 45.4 Å². The van der Waals surface area contributed by atoms with Crippen LogP contribution in [-0.2, 0) is 6.54 Å². The van der Waals surface area contributed by atoms with Crippen LogP contribution >= 0.6 is 24.0 Å². The molecule has 0 saturated carbocycles. The van der Waals surface area contributed by atoms with Gasteiger partial charge in [0.15, 0.2) is 11.8 Å². The Hall–Kier alpha value is -1.68. The number of likely N-dealkylation sites (tertiary alicyclic amines) is 1. The molecule has 1 aliphatic rings. The smallest absolute Gasteiger partial charge is 0.191 e. The fourth-order valence-corrected chi connectivity index (χ4v) is 3.64. The Balaban J connectivity index is 0.00000300. The van der Waals surface area contributed by atoms with Gasteiger partial charge in [0.05, 0.1) is 0 Å². The number of nitrogens with one attached hydrogen (secondary N) is 2. The maximum atomic E-state index is 4.70. The predicted molar refractivity (Wildman–Crippen MR) is 129 cm³/mol. The van der Waals surface area contributed by atoms with E-state index in [9.17, 15) is 0 Å². The predicted octanol–water partition coefficient (Wildman–Crippen LogP) is 3.20. The van der Waals surface area contributed by atoms with Crippen molar-refractivity contribution < 1.29 is 0 Å². The number of nitrogens with zero attached hydrogens (tertiary/aromatic N) is 5. The number of aromatic nitrogens is 3. The van der Waals surface area contributed by atoms with Gasteiger partial charge < -0.3 is 15.5 Å². The van der Waals surface area contributed by atoms with E-state index in [0.29, 0.717) is 6.54 Å². The summed E-state index contributed by atoms with van der Waals surface area (Å²) in [6.07, 6.45) is 6.90. The SMILES string of the molecule is CCNC(=NCc1nncn1-c1ccccc1)NCCCN1CCCCC1C.I. The summed E-state index contributed by atoms with van der Waals surface area (Å²) in [7, 11) is 0. The molecule has 2 heterocycles. The first-order chi connectivity index (χ1) is 13.8. The van der Waals surface area contributed by atoms with Gasteiger partial charge in [-0.15, -0.1) is 34.2 Å². The molecule has 1 atom stereocenters. The van der Waals surface area contributed by atoms with Crippen molar-refractivity contribution in [1.29, 1.82) is 0 Å². The number of aliphatic imine (C=N–C) groups is 1. The number of rotatable bonds is 8. The van der Waals surface area contributed by atoms with Crippen molar-refractivity contribution in [2.75, 3.05) is 26.2 Å². The second kappa shape index (κ2) is 12.8. The van der Waals surface area contributed by atoms with Crippen molar-refractivity contribution in [3.63, 3.8) is 0 Å². The Bertz CT molecular complexity index is 732. The maximum Gasteiger partial charge on any atom is 0.191 e. The van der Waals surface area contributed by atoms with Gasteiger partial charge in [0.2, 0.25) is 0 Å². The number of benzene rings is 1. The molecule has 1 aromatic carbocycles. The Kier molecular flexibility index (Phi) is 10.4. The van der Waals surface area contributed by atoms with Crippen molar-refractivity contribution in [2.45, 2.75) is 52.1 Å². The van der Waals surface area contributed by atoms with Crippen molar-refractivity contribution in [3.05, 3.63) is 42.5 Å². The van der Waals surface area contributed by atoms with Crippen LogP contribution in [0.15, 0.2) is 41.7 Å². The summed E-state index contributed by atoms with van der Waals surface area (Å²) in [5, 5.41) is 15.1. The summed E-state index contributed by atoms with van der Waals surface area (Å²) in [6, 6.07) is 10.8. The van der Waals surface area contributed by atoms with E-state index < -0.39 is 0 Å². The molecule has 160 valence electrons. The topological polar surface area (TPSA) is 70.4 Å². The van der Waals surface area contributed by atoms with Crippen LogP contribution < -0.4 is 10.6 Å². The standard InChI is InChI=1S/C21H33N7.HI/c1-3-22-21(23-13-9-15-27-14-8-7-10-18(27)2)24-16-20-26-25-17-28(20)19-11-5-4-6-12-19;/h4-6,11-12,17-18H,3,7-10,13-16H2,1-2H3,(H2,22,23,24);1H. The van der Waals surface area contributed by atoms with Crippen LogP contribution in [0.5, 0.6) is 0 Å². The molecule has 1 aromatic heterocycles. The molecule has 1 unspecified atom stereocenters. The molecule has 29 heavy (non-hydrogen) atoms. The van der Waals surface area contributed by atoms with E-state index in [-0.39, 0.29) is 24.0 Å². The first-order valence-electron chi connectivity index (χ1n) is 10.5. The van der Waals surface area contributed by atoms with Crippen LogP contribution in [0.2, 0.25) is 0 Å². The summed E-state index contributed by atoms with van der Waals surface area (Å²) in [4.78, 5) is 7.31. The van der Waals surface area contributed by atoms with E-state index >= 15 is 0 Å². The van der Waals surface area contributed by atoms with Crippen LogP contribution in [0.4, 0.5) is 0 Å². The zero-order valence-corrected chi connectivity index (χ0v) is 19.9. The Morgan fingerprint density at radius 3 is 2.79 bits per heavy atom. The van der Waals surface area contributed by atoms with E-state index in [1.165, 1.54) is 25.8 Å². The van der Waals surface area contributed by atoms with Gasteiger partial charge >= 0.3 is 0 Å². The summed E-state index contributed by atoms with van der Waals surface area (Å²) < 4.78 is 1.98. The monoisotopic (exact) mass is 511 g/mol. The quantitative estimate of drug-likeness (QED) is 0.247. The van der Waals surface area contributed by atoms with E-state index in [2.05, 4.69) is 39.6 Å². The third kappa shape index (κ3) is 7.26. The molecular formula is C21H34IN7. The van der Waals surface area contributed by atoms with Crippen LogP contribution in [0, 0.1) is 0 Å². The molecule has 1 saturated heterocycles. The highest BCUT2D eigenvalue weighted by Crippen LogP contribution is 2.16. The number of hydrogen-bond acceptors (Lipinski definition) is 4. The second-order valence-electron chi connectivity index (χ2n) is 7.31. The van der Waals surface area contributed by atoms with Crippen molar-refractivity contribution in [1.82, 2.24) is 30.3 Å². The van der Waals surface area contributed by atoms with E-state index in [0.717, 1.165) is 49.6 Å². The zero-order valence-electron chi connectivity index (χ0n) is 17.5. The molecule has 8 heteroatoms. The van der Waals surface area contributed by atoms with Gasteiger partial charge in [0, 0.05) is 31.4 Å². The summed E-state index contributed by atoms with van der Waals surface area (Å²) >= 11 is 0. The minimum atomic E-state index is 0. The maximum absolute atomic E-state index is 4.70. The molecule has 3 rings (SSSR count). The number of hydrogen-bond donors (Lipinski definition) is 2. The molecular weight excluding hydrogens is 477 g/mol. The third-order valence-corrected chi connectivity index (χ3v) is 5.23. The highest BCUT2D eigenvalue weighted by atomic mass is 127. The first kappa shape index (κ1) is 23.6. The average molecular weight is 511 g/mol. The van der Waals surface area contributed by atoms with Gasteiger partial charge in [-0.05, 0) is 51.8 Å². The van der Waals surface area contributed by atoms with Gasteiger partial charge in [0.1, 0.15) is 12.9 Å². The lowest BCUT2D eigenvalue weighted by Crippen LogP contribution is -2.41. The van der Waals surface area contributed by atoms with Crippen LogP contribution in [0.25, 0.3) is 5.69 Å². The number of para-hydroxylation sites is 1. The van der Waals surface area contributed by atoms with Crippen molar-refractivity contribution in [2.24, 2.45) is 4.99 Å². The zero-order chi connectivity index (χ0) is 19.6. The minimum absolute atomic E-state index is 0. The van der Waals surface area contributed by atoms with Crippen molar-refractivity contribution in [3.8, 4) is 5.69 Å². The molecule has 0 amide bonds. The summed E-state index contributed by atoms with van der Waals surface area (Å²) in [6.45, 7) is 9.05. The average Bonchev–Trinajstić information content (AvgIpc) is 3.20. The van der Waals surface area contributed by atoms with E-state index in [1.54, 1.807) is 6.33 Å². The summed E-state index contributed by atoms with van der Waals surface area (Å²) in [5.41, 5.74) is 1.05. The lowest BCUT2D eigenvalue weighted by Gasteiger charge is -2.33. The molecule has 0 aliphatic carbocycles. The van der Waals surface area contributed by atoms with Crippen molar-refractivity contribution >= 4 is 29.9 Å². The Morgan fingerprint density at radius 2 is 2.03 bits per heavy atom. The van der Waals surface area contributed by atoms with Gasteiger partial charge in [-0.1, -0.05) is 24.6 Å². The first-order valence-corrected chi connectivity index (χ1v) is 10.5. The number of guanidine groups is 1. The second-order valence-corrected chi connectivity index (χ2v) is 7.31. The highest BCUT2D eigenvalue weighted by molar-refractivity contribution is 14.0. The van der Waals surface area contributed by atoms with Crippen LogP contribution in [-0.4, -0.2) is 57.8 Å². The van der Waals surface area contributed by atoms with Gasteiger partial charge in [0.25, 0.3) is 0 Å². The lowest BCUT2D eigenvalue weighted by molar-refractivity contribution is 0.159. The minimum Gasteiger partial charge on any atom is -0.357 e. The molecule has 1 fully saturated rings. The van der Waals surface area contributed by atoms with Gasteiger partial charge in [-0.25, -0.2) is 4.99 Å². The molecule has 2 N–H and O–H groups in total. The Morgan fingerprint density at radius 1 is 1.21 bits per heavy atom. The third-order valence-electron chi connectivity index (χ3n) is 5.23. The number of halogens is 1. The van der Waals surface area contributed by atoms with E-state index in [1.807, 2.05) is 34.9 Å². The highest BCUT2D eigenvalue weighted by Gasteiger charge is 2.17. The molecule has 0 bridgehead atoms. The fourth-order valence-electron chi connectivity index (χ4n) is 3.64. The molecule has 2 aromatic rings. The molecule has 0 spiro atoms. The molecule has 7 nitrogen and oxygen atoms in total. The largest absolute Gasteiger partial charge is 0.357 e. The number of piperidine rings is 1. The Labute approximate surface area is 191 Å². The lowest BCUT2D eigenvalue weighted by atomic mass is 10.0. The van der Waals surface area contributed by atoms with Crippen LogP contribution in [0.3, 0.4) is 0 Å². The normalized spacial score (nSPS) is 17.6.